The van der Waals surface area contributed by atoms with Crippen molar-refractivity contribution in [2.24, 2.45) is 4.99 Å². The summed E-state index contributed by atoms with van der Waals surface area (Å²) in [4.78, 5) is 32.1. The second kappa shape index (κ2) is 12.0. The van der Waals surface area contributed by atoms with Crippen LogP contribution in [-0.4, -0.2) is 48.9 Å². The summed E-state index contributed by atoms with van der Waals surface area (Å²) in [5.41, 5.74) is 1.02. The Bertz CT molecular complexity index is 835. The third kappa shape index (κ3) is 6.04. The van der Waals surface area contributed by atoms with Crippen LogP contribution in [0, 0.1) is 0 Å². The van der Waals surface area contributed by atoms with Crippen LogP contribution in [-0.2, 0) is 0 Å². The van der Waals surface area contributed by atoms with Gasteiger partial charge in [0.2, 0.25) is 0 Å². The number of hydrogen-bond donors (Lipinski definition) is 2. The van der Waals surface area contributed by atoms with Gasteiger partial charge in [-0.3, -0.25) is 19.5 Å². The summed E-state index contributed by atoms with van der Waals surface area (Å²) >= 11 is 1.76. The van der Waals surface area contributed by atoms with Gasteiger partial charge in [-0.1, -0.05) is 25.1 Å². The van der Waals surface area contributed by atoms with Crippen LogP contribution in [0.5, 0.6) is 0 Å². The van der Waals surface area contributed by atoms with Crippen LogP contribution in [0.1, 0.15) is 58.2 Å². The van der Waals surface area contributed by atoms with Crippen molar-refractivity contribution in [1.82, 2.24) is 15.5 Å². The first-order chi connectivity index (χ1) is 14.1. The summed E-state index contributed by atoms with van der Waals surface area (Å²) in [6.07, 6.45) is 1.60. The molecule has 0 fully saturated rings. The van der Waals surface area contributed by atoms with E-state index in [4.69, 9.17) is 0 Å². The maximum Gasteiger partial charge on any atom is 0.261 e. The van der Waals surface area contributed by atoms with E-state index in [0.29, 0.717) is 23.6 Å². The fraction of sp³-hybridized carbons (Fsp3) is 0.409. The number of thiophene rings is 1. The van der Waals surface area contributed by atoms with E-state index in [2.05, 4.69) is 40.1 Å². The molecule has 0 radical (unpaired) electrons. The van der Waals surface area contributed by atoms with Gasteiger partial charge in [-0.25, -0.2) is 0 Å². The molecule has 162 valence electrons. The molecule has 1 atom stereocenters. The number of rotatable bonds is 9. The number of benzene rings is 1. The zero-order valence-corrected chi connectivity index (χ0v) is 20.5. The number of fused-ring (bicyclic) bond motifs is 1. The summed E-state index contributed by atoms with van der Waals surface area (Å²) < 4.78 is 0. The molecule has 2 amide bonds. The van der Waals surface area contributed by atoms with E-state index in [1.165, 1.54) is 9.78 Å². The molecule has 2 aromatic rings. The fourth-order valence-electron chi connectivity index (χ4n) is 3.28. The van der Waals surface area contributed by atoms with Gasteiger partial charge in [0.25, 0.3) is 11.8 Å². The lowest BCUT2D eigenvalue weighted by Crippen LogP contribution is -2.38. The number of nitrogens with zero attached hydrogens (tertiary/aromatic N) is 2. The number of amides is 2. The Morgan fingerprint density at radius 2 is 1.77 bits per heavy atom. The minimum absolute atomic E-state index is 0. The number of aliphatic imine (C=N–C) groups is 1. The highest BCUT2D eigenvalue weighted by Gasteiger charge is 2.34. The van der Waals surface area contributed by atoms with Crippen molar-refractivity contribution >= 4 is 53.1 Å². The largest absolute Gasteiger partial charge is 0.357 e. The highest BCUT2D eigenvalue weighted by Crippen LogP contribution is 2.22. The molecule has 3 rings (SSSR count). The van der Waals surface area contributed by atoms with Crippen molar-refractivity contribution in [3.8, 4) is 0 Å². The SMILES string of the molecule is CCNC(=NCC(C)c1cccs1)NCCCCN1C(=O)c2ccccc2C1=O.I. The second-order valence-corrected chi connectivity index (χ2v) is 8.06. The van der Waals surface area contributed by atoms with Gasteiger partial charge in [-0.05, 0) is 43.3 Å². The first-order valence-electron chi connectivity index (χ1n) is 10.1. The lowest BCUT2D eigenvalue weighted by atomic mass is 10.1. The number of guanidine groups is 1. The average Bonchev–Trinajstić information content (AvgIpc) is 3.35. The number of carbonyl (C=O) groups is 2. The van der Waals surface area contributed by atoms with Crippen LogP contribution in [0.2, 0.25) is 0 Å². The summed E-state index contributed by atoms with van der Waals surface area (Å²) in [5.74, 6) is 0.822. The zero-order chi connectivity index (χ0) is 20.6. The van der Waals surface area contributed by atoms with Crippen molar-refractivity contribution in [1.29, 1.82) is 0 Å². The number of imide groups is 1. The lowest BCUT2D eigenvalue weighted by molar-refractivity contribution is 0.0652. The molecule has 0 spiro atoms. The summed E-state index contributed by atoms with van der Waals surface area (Å²) in [6, 6.07) is 11.2. The number of hydrogen-bond acceptors (Lipinski definition) is 4. The van der Waals surface area contributed by atoms with Crippen molar-refractivity contribution in [3.63, 3.8) is 0 Å². The lowest BCUT2D eigenvalue weighted by Gasteiger charge is -2.15. The predicted octanol–water partition coefficient (Wildman–Crippen LogP) is 4.10. The Balaban J connectivity index is 0.00000320. The Hall–Kier alpha value is -1.94. The molecule has 0 saturated heterocycles. The molecular formula is C22H29IN4O2S. The number of halogens is 1. The van der Waals surface area contributed by atoms with Gasteiger partial charge in [0.15, 0.2) is 5.96 Å². The van der Waals surface area contributed by atoms with E-state index in [1.54, 1.807) is 35.6 Å². The summed E-state index contributed by atoms with van der Waals surface area (Å²) in [6.45, 7) is 6.93. The molecule has 1 aromatic heterocycles. The van der Waals surface area contributed by atoms with Gasteiger partial charge in [-0.2, -0.15) is 0 Å². The third-order valence-corrected chi connectivity index (χ3v) is 5.98. The molecule has 0 saturated carbocycles. The molecule has 8 heteroatoms. The Morgan fingerprint density at radius 1 is 1.07 bits per heavy atom. The highest BCUT2D eigenvalue weighted by molar-refractivity contribution is 14.0. The first kappa shape index (κ1) is 24.3. The zero-order valence-electron chi connectivity index (χ0n) is 17.4. The van der Waals surface area contributed by atoms with Crippen LogP contribution in [0.4, 0.5) is 0 Å². The highest BCUT2D eigenvalue weighted by atomic mass is 127. The number of unbranched alkanes of at least 4 members (excludes halogenated alkanes) is 1. The minimum atomic E-state index is -0.184. The second-order valence-electron chi connectivity index (χ2n) is 7.08. The van der Waals surface area contributed by atoms with E-state index >= 15 is 0 Å². The van der Waals surface area contributed by atoms with Gasteiger partial charge >= 0.3 is 0 Å². The Kier molecular flexibility index (Phi) is 9.77. The van der Waals surface area contributed by atoms with Gasteiger partial charge in [-0.15, -0.1) is 35.3 Å². The molecular weight excluding hydrogens is 511 g/mol. The molecule has 0 bridgehead atoms. The average molecular weight is 540 g/mol. The van der Waals surface area contributed by atoms with Crippen LogP contribution in [0.15, 0.2) is 46.8 Å². The van der Waals surface area contributed by atoms with E-state index in [0.717, 1.165) is 38.4 Å². The third-order valence-electron chi connectivity index (χ3n) is 4.88. The molecule has 2 N–H and O–H groups in total. The van der Waals surface area contributed by atoms with Crippen LogP contribution >= 0.6 is 35.3 Å². The maximum absolute atomic E-state index is 12.4. The fourth-order valence-corrected chi connectivity index (χ4v) is 4.05. The van der Waals surface area contributed by atoms with Crippen LogP contribution in [0.25, 0.3) is 0 Å². The molecule has 1 aliphatic rings. The number of nitrogens with one attached hydrogen (secondary N) is 2. The van der Waals surface area contributed by atoms with E-state index in [-0.39, 0.29) is 35.8 Å². The molecule has 1 aromatic carbocycles. The Labute approximate surface area is 199 Å². The normalized spacial score (nSPS) is 14.3. The summed E-state index contributed by atoms with van der Waals surface area (Å²) in [7, 11) is 0. The quantitative estimate of drug-likeness (QED) is 0.165. The van der Waals surface area contributed by atoms with Gasteiger partial charge in [0, 0.05) is 30.4 Å². The Morgan fingerprint density at radius 3 is 2.37 bits per heavy atom. The monoisotopic (exact) mass is 540 g/mol. The smallest absolute Gasteiger partial charge is 0.261 e. The van der Waals surface area contributed by atoms with Gasteiger partial charge in [0.1, 0.15) is 0 Å². The van der Waals surface area contributed by atoms with Gasteiger partial charge in [0.05, 0.1) is 17.7 Å². The topological polar surface area (TPSA) is 73.8 Å². The van der Waals surface area contributed by atoms with E-state index < -0.39 is 0 Å². The molecule has 1 aliphatic heterocycles. The molecule has 2 heterocycles. The van der Waals surface area contributed by atoms with E-state index in [9.17, 15) is 9.59 Å². The maximum atomic E-state index is 12.4. The van der Waals surface area contributed by atoms with Crippen molar-refractivity contribution < 1.29 is 9.59 Å². The summed E-state index contributed by atoms with van der Waals surface area (Å²) in [5, 5.41) is 8.70. The molecule has 1 unspecified atom stereocenters. The first-order valence-corrected chi connectivity index (χ1v) is 11.0. The van der Waals surface area contributed by atoms with Gasteiger partial charge < -0.3 is 10.6 Å². The minimum Gasteiger partial charge on any atom is -0.357 e. The van der Waals surface area contributed by atoms with Crippen LogP contribution < -0.4 is 10.6 Å². The standard InChI is InChI=1S/C22H28N4O2S.HI/c1-3-23-22(25-15-16(2)19-11-8-14-29-19)24-12-6-7-13-26-20(27)17-9-4-5-10-18(17)21(26)28;/h4-5,8-11,14,16H,3,6-7,12-13,15H2,1-2H3,(H2,23,24,25);1H. The number of carbonyl (C=O) groups excluding carboxylic acids is 2. The molecule has 30 heavy (non-hydrogen) atoms. The van der Waals surface area contributed by atoms with Crippen LogP contribution in [0.3, 0.4) is 0 Å². The predicted molar refractivity (Wildman–Crippen MR) is 133 cm³/mol. The van der Waals surface area contributed by atoms with E-state index in [1.807, 2.05) is 6.92 Å². The molecule has 6 nitrogen and oxygen atoms in total. The van der Waals surface area contributed by atoms with Crippen molar-refractivity contribution in [2.45, 2.75) is 32.6 Å². The van der Waals surface area contributed by atoms with Crippen molar-refractivity contribution in [3.05, 3.63) is 57.8 Å². The van der Waals surface area contributed by atoms with Crippen molar-refractivity contribution in [2.75, 3.05) is 26.2 Å². The molecule has 0 aliphatic carbocycles.